The van der Waals surface area contributed by atoms with Crippen LogP contribution in [0.15, 0.2) is 23.2 Å². The summed E-state index contributed by atoms with van der Waals surface area (Å²) in [5.41, 5.74) is 5.66. The number of nitrogens with zero attached hydrogens (tertiary/aromatic N) is 3. The van der Waals surface area contributed by atoms with Gasteiger partial charge in [0.05, 0.1) is 12.2 Å². The summed E-state index contributed by atoms with van der Waals surface area (Å²) in [5.74, 6) is 0.737. The Balaban J connectivity index is 2.19. The van der Waals surface area contributed by atoms with Crippen LogP contribution in [-0.2, 0) is 14.8 Å². The summed E-state index contributed by atoms with van der Waals surface area (Å²) in [4.78, 5) is 6.53. The van der Waals surface area contributed by atoms with Gasteiger partial charge in [-0.15, -0.1) is 0 Å². The summed E-state index contributed by atoms with van der Waals surface area (Å²) in [6, 6.07) is 3.30. The zero-order valence-electron chi connectivity index (χ0n) is 12.6. The number of anilines is 1. The molecule has 21 heavy (non-hydrogen) atoms. The first-order valence-electron chi connectivity index (χ1n) is 6.83. The van der Waals surface area contributed by atoms with E-state index in [1.165, 1.54) is 24.6 Å². The Kier molecular flexibility index (Phi) is 4.82. The normalized spacial score (nSPS) is 23.6. The fourth-order valence-corrected chi connectivity index (χ4v) is 3.13. The first-order valence-corrected chi connectivity index (χ1v) is 8.27. The van der Waals surface area contributed by atoms with Gasteiger partial charge >= 0.3 is 0 Å². The minimum absolute atomic E-state index is 0.0271. The van der Waals surface area contributed by atoms with Crippen molar-refractivity contribution in [1.82, 2.24) is 9.29 Å². The van der Waals surface area contributed by atoms with Crippen LogP contribution in [-0.4, -0.2) is 63.6 Å². The van der Waals surface area contributed by atoms with Crippen LogP contribution in [0, 0.1) is 0 Å². The second-order valence-corrected chi connectivity index (χ2v) is 7.50. The molecule has 1 aromatic heterocycles. The van der Waals surface area contributed by atoms with Crippen LogP contribution in [0.3, 0.4) is 0 Å². The van der Waals surface area contributed by atoms with E-state index >= 15 is 0 Å². The van der Waals surface area contributed by atoms with Gasteiger partial charge < -0.3 is 15.4 Å². The zero-order valence-corrected chi connectivity index (χ0v) is 13.4. The molecule has 2 heterocycles. The van der Waals surface area contributed by atoms with Gasteiger partial charge in [-0.1, -0.05) is 0 Å². The predicted molar refractivity (Wildman–Crippen MR) is 80.7 cm³/mol. The fourth-order valence-electron chi connectivity index (χ4n) is 2.29. The molecule has 1 fully saturated rings. The zero-order chi connectivity index (χ0) is 15.6. The Bertz CT molecular complexity index is 574. The van der Waals surface area contributed by atoms with Crippen LogP contribution < -0.4 is 10.6 Å². The second kappa shape index (κ2) is 6.27. The third kappa shape index (κ3) is 3.52. The third-order valence-electron chi connectivity index (χ3n) is 3.41. The Hall–Kier alpha value is -1.22. The molecule has 1 saturated heterocycles. The summed E-state index contributed by atoms with van der Waals surface area (Å²) >= 11 is 0. The van der Waals surface area contributed by atoms with Crippen LogP contribution >= 0.6 is 0 Å². The number of sulfonamides is 1. The molecule has 7 nitrogen and oxygen atoms in total. The molecule has 1 aliphatic heterocycles. The molecule has 2 N–H and O–H groups in total. The fraction of sp³-hybridized carbons (Fsp3) is 0.615. The monoisotopic (exact) mass is 314 g/mol. The summed E-state index contributed by atoms with van der Waals surface area (Å²) in [7, 11) is -0.445. The maximum absolute atomic E-state index is 12.0. The molecule has 1 aliphatic rings. The lowest BCUT2D eigenvalue weighted by Gasteiger charge is -2.37. The van der Waals surface area contributed by atoms with Crippen molar-refractivity contribution in [1.29, 1.82) is 0 Å². The van der Waals surface area contributed by atoms with Gasteiger partial charge in [0.1, 0.15) is 10.7 Å². The van der Waals surface area contributed by atoms with Gasteiger partial charge in [-0.25, -0.2) is 17.7 Å². The van der Waals surface area contributed by atoms with Crippen LogP contribution in [0.5, 0.6) is 0 Å². The lowest BCUT2D eigenvalue weighted by molar-refractivity contribution is -0.0107. The molecule has 118 valence electrons. The molecule has 2 unspecified atom stereocenters. The van der Waals surface area contributed by atoms with Crippen molar-refractivity contribution in [2.24, 2.45) is 5.73 Å². The molecule has 2 atom stereocenters. The third-order valence-corrected chi connectivity index (χ3v) is 5.21. The highest BCUT2D eigenvalue weighted by Crippen LogP contribution is 2.20. The number of aromatic nitrogens is 1. The number of morpholine rings is 1. The second-order valence-electron chi connectivity index (χ2n) is 5.35. The molecular weight excluding hydrogens is 292 g/mol. The Labute approximate surface area is 125 Å². The van der Waals surface area contributed by atoms with E-state index in [1.807, 2.05) is 6.92 Å². The van der Waals surface area contributed by atoms with Crippen molar-refractivity contribution < 1.29 is 13.2 Å². The van der Waals surface area contributed by atoms with E-state index in [0.29, 0.717) is 19.6 Å². The van der Waals surface area contributed by atoms with Crippen LogP contribution in [0.4, 0.5) is 5.82 Å². The van der Waals surface area contributed by atoms with Crippen molar-refractivity contribution >= 4 is 15.8 Å². The molecule has 0 aliphatic carbocycles. The number of nitrogens with two attached hydrogens (primary N) is 1. The van der Waals surface area contributed by atoms with Gasteiger partial charge in [-0.2, -0.15) is 0 Å². The van der Waals surface area contributed by atoms with Gasteiger partial charge in [-0.3, -0.25) is 0 Å². The Morgan fingerprint density at radius 3 is 2.67 bits per heavy atom. The molecule has 0 aromatic carbocycles. The van der Waals surface area contributed by atoms with Crippen molar-refractivity contribution in [2.45, 2.75) is 24.0 Å². The van der Waals surface area contributed by atoms with E-state index in [4.69, 9.17) is 10.5 Å². The van der Waals surface area contributed by atoms with Crippen molar-refractivity contribution in [3.8, 4) is 0 Å². The maximum atomic E-state index is 12.0. The van der Waals surface area contributed by atoms with Crippen LogP contribution in [0.25, 0.3) is 0 Å². The van der Waals surface area contributed by atoms with Gasteiger partial charge in [0, 0.05) is 39.9 Å². The molecule has 2 rings (SSSR count). The number of pyridine rings is 1. The highest BCUT2D eigenvalue weighted by molar-refractivity contribution is 7.89. The number of hydrogen-bond donors (Lipinski definition) is 1. The van der Waals surface area contributed by atoms with Crippen molar-refractivity contribution in [3.63, 3.8) is 0 Å². The van der Waals surface area contributed by atoms with Crippen LogP contribution in [0.1, 0.15) is 6.92 Å². The molecule has 8 heteroatoms. The van der Waals surface area contributed by atoms with E-state index in [2.05, 4.69) is 9.88 Å². The first-order chi connectivity index (χ1) is 9.84. The Morgan fingerprint density at radius 2 is 2.14 bits per heavy atom. The topological polar surface area (TPSA) is 88.8 Å². The quantitative estimate of drug-likeness (QED) is 0.834. The van der Waals surface area contributed by atoms with E-state index in [0.717, 1.165) is 5.82 Å². The molecule has 0 bridgehead atoms. The van der Waals surface area contributed by atoms with Gasteiger partial charge in [0.25, 0.3) is 0 Å². The average Bonchev–Trinajstić information content (AvgIpc) is 2.46. The summed E-state index contributed by atoms with van der Waals surface area (Å²) in [6.07, 6.45) is 1.43. The van der Waals surface area contributed by atoms with Crippen molar-refractivity contribution in [2.75, 3.05) is 38.6 Å². The number of hydrogen-bond acceptors (Lipinski definition) is 6. The number of ether oxygens (including phenoxy) is 1. The molecular formula is C13H22N4O3S. The standard InChI is InChI=1S/C13H22N4O3S/c1-10-8-17(9-11(6-14)20-10)13-5-4-12(7-15-13)21(18,19)16(2)3/h4-5,7,10-11H,6,8-9,14H2,1-3H3. The highest BCUT2D eigenvalue weighted by Gasteiger charge is 2.25. The summed E-state index contributed by atoms with van der Waals surface area (Å²) < 4.78 is 30.9. The molecule has 0 saturated carbocycles. The average molecular weight is 314 g/mol. The lowest BCUT2D eigenvalue weighted by Crippen LogP contribution is -2.49. The molecule has 0 amide bonds. The number of rotatable bonds is 4. The highest BCUT2D eigenvalue weighted by atomic mass is 32.2. The minimum atomic E-state index is -3.44. The maximum Gasteiger partial charge on any atom is 0.244 e. The van der Waals surface area contributed by atoms with Gasteiger partial charge in [-0.05, 0) is 19.1 Å². The van der Waals surface area contributed by atoms with E-state index in [-0.39, 0.29) is 17.1 Å². The van der Waals surface area contributed by atoms with E-state index in [9.17, 15) is 8.42 Å². The SMILES string of the molecule is CC1CN(c2ccc(S(=O)(=O)N(C)C)cn2)CC(CN)O1. The molecule has 0 spiro atoms. The molecule has 1 aromatic rings. The summed E-state index contributed by atoms with van der Waals surface area (Å²) in [5, 5.41) is 0. The predicted octanol–water partition coefficient (Wildman–Crippen LogP) is -0.116. The van der Waals surface area contributed by atoms with E-state index in [1.54, 1.807) is 12.1 Å². The largest absolute Gasteiger partial charge is 0.370 e. The first kappa shape index (κ1) is 16.2. The smallest absolute Gasteiger partial charge is 0.244 e. The van der Waals surface area contributed by atoms with Gasteiger partial charge in [0.15, 0.2) is 0 Å². The Morgan fingerprint density at radius 1 is 1.43 bits per heavy atom. The van der Waals surface area contributed by atoms with Crippen molar-refractivity contribution in [3.05, 3.63) is 18.3 Å². The summed E-state index contributed by atoms with van der Waals surface area (Å²) in [6.45, 7) is 3.81. The van der Waals surface area contributed by atoms with E-state index < -0.39 is 10.0 Å². The van der Waals surface area contributed by atoms with Gasteiger partial charge in [0.2, 0.25) is 10.0 Å². The minimum Gasteiger partial charge on any atom is -0.370 e. The molecule has 0 radical (unpaired) electrons. The van der Waals surface area contributed by atoms with Crippen LogP contribution in [0.2, 0.25) is 0 Å². The lowest BCUT2D eigenvalue weighted by atomic mass is 10.2.